The molecule has 1 N–H and O–H groups in total. The first-order chi connectivity index (χ1) is 14.8. The van der Waals surface area contributed by atoms with Gasteiger partial charge in [-0.1, -0.05) is 0 Å². The number of benzene rings is 1. The number of carbonyl (C=O) groups excluding carboxylic acids is 2. The SMILES string of the molecule is COc1ccc(/C(O)=C2/C(=O)C(=O)N(CCOC(C)C)C2c2sccc2C)cc1OC. The van der Waals surface area contributed by atoms with Crippen molar-refractivity contribution < 1.29 is 28.9 Å². The van der Waals surface area contributed by atoms with Gasteiger partial charge in [0, 0.05) is 17.0 Å². The van der Waals surface area contributed by atoms with Crippen molar-refractivity contribution >= 4 is 28.8 Å². The number of thiophene rings is 1. The molecule has 31 heavy (non-hydrogen) atoms. The van der Waals surface area contributed by atoms with Gasteiger partial charge in [-0.05, 0) is 56.0 Å². The van der Waals surface area contributed by atoms with Crippen LogP contribution in [0.5, 0.6) is 11.5 Å². The van der Waals surface area contributed by atoms with Gasteiger partial charge in [0.05, 0.1) is 38.5 Å². The topological polar surface area (TPSA) is 85.3 Å². The van der Waals surface area contributed by atoms with Crippen LogP contribution in [-0.4, -0.2) is 55.2 Å². The van der Waals surface area contributed by atoms with Crippen molar-refractivity contribution in [3.8, 4) is 11.5 Å². The molecule has 2 heterocycles. The molecule has 1 aliphatic rings. The molecule has 1 aliphatic heterocycles. The number of nitrogens with zero attached hydrogens (tertiary/aromatic N) is 1. The second kappa shape index (κ2) is 9.53. The van der Waals surface area contributed by atoms with Gasteiger partial charge in [-0.25, -0.2) is 0 Å². The number of carbonyl (C=O) groups is 2. The lowest BCUT2D eigenvalue weighted by atomic mass is 9.98. The number of hydrogen-bond acceptors (Lipinski definition) is 7. The number of methoxy groups -OCH3 is 2. The van der Waals surface area contributed by atoms with Crippen LogP contribution in [0, 0.1) is 6.92 Å². The summed E-state index contributed by atoms with van der Waals surface area (Å²) in [4.78, 5) is 28.2. The van der Waals surface area contributed by atoms with Crippen LogP contribution in [0.1, 0.15) is 35.9 Å². The Morgan fingerprint density at radius 3 is 2.45 bits per heavy atom. The van der Waals surface area contributed by atoms with E-state index < -0.39 is 17.7 Å². The highest BCUT2D eigenvalue weighted by Crippen LogP contribution is 2.43. The van der Waals surface area contributed by atoms with Crippen molar-refractivity contribution in [3.63, 3.8) is 0 Å². The Morgan fingerprint density at radius 2 is 1.87 bits per heavy atom. The Bertz CT molecular complexity index is 1010. The standard InChI is InChI=1S/C23H27NO6S/c1-13(2)30-10-9-24-19(22-14(3)8-11-31-22)18(21(26)23(24)27)20(25)15-6-7-16(28-4)17(12-15)29-5/h6-8,11-13,19,25H,9-10H2,1-5H3/b20-18-. The van der Waals surface area contributed by atoms with E-state index >= 15 is 0 Å². The third-order valence-electron chi connectivity index (χ3n) is 5.13. The Balaban J connectivity index is 2.10. The van der Waals surface area contributed by atoms with E-state index in [9.17, 15) is 14.7 Å². The summed E-state index contributed by atoms with van der Waals surface area (Å²) in [6.45, 7) is 6.28. The number of likely N-dealkylation sites (tertiary alicyclic amines) is 1. The Morgan fingerprint density at radius 1 is 1.16 bits per heavy atom. The van der Waals surface area contributed by atoms with Gasteiger partial charge in [-0.15, -0.1) is 11.3 Å². The summed E-state index contributed by atoms with van der Waals surface area (Å²) in [6, 6.07) is 6.11. The molecular weight excluding hydrogens is 418 g/mol. The molecule has 1 atom stereocenters. The van der Waals surface area contributed by atoms with Crippen LogP contribution in [0.2, 0.25) is 0 Å². The van der Waals surface area contributed by atoms with Crippen molar-refractivity contribution in [3.05, 3.63) is 51.2 Å². The molecule has 1 amide bonds. The van der Waals surface area contributed by atoms with Crippen molar-refractivity contribution in [2.75, 3.05) is 27.4 Å². The minimum absolute atomic E-state index is 0.00510. The molecule has 0 bridgehead atoms. The summed E-state index contributed by atoms with van der Waals surface area (Å²) in [5.41, 5.74) is 1.38. The van der Waals surface area contributed by atoms with E-state index in [-0.39, 0.29) is 24.0 Å². The first-order valence-electron chi connectivity index (χ1n) is 9.96. The molecule has 1 fully saturated rings. The van der Waals surface area contributed by atoms with E-state index in [0.29, 0.717) is 23.7 Å². The van der Waals surface area contributed by atoms with E-state index in [1.165, 1.54) is 30.5 Å². The van der Waals surface area contributed by atoms with Gasteiger partial charge in [0.2, 0.25) is 0 Å². The van der Waals surface area contributed by atoms with Crippen LogP contribution in [0.25, 0.3) is 5.76 Å². The molecule has 8 heteroatoms. The highest BCUT2D eigenvalue weighted by molar-refractivity contribution is 7.10. The zero-order chi connectivity index (χ0) is 22.7. The summed E-state index contributed by atoms with van der Waals surface area (Å²) in [7, 11) is 3.01. The van der Waals surface area contributed by atoms with Crippen LogP contribution in [0.15, 0.2) is 35.2 Å². The predicted octanol–water partition coefficient (Wildman–Crippen LogP) is 3.92. The van der Waals surface area contributed by atoms with Gasteiger partial charge >= 0.3 is 0 Å². The number of ketones is 1. The van der Waals surface area contributed by atoms with E-state index in [4.69, 9.17) is 14.2 Å². The van der Waals surface area contributed by atoms with Crippen molar-refractivity contribution in [2.24, 2.45) is 0 Å². The lowest BCUT2D eigenvalue weighted by Gasteiger charge is -2.25. The molecule has 1 saturated heterocycles. The molecule has 166 valence electrons. The monoisotopic (exact) mass is 445 g/mol. The fourth-order valence-corrected chi connectivity index (χ4v) is 4.62. The molecule has 0 saturated carbocycles. The number of Topliss-reactive ketones (excluding diaryl/α,β-unsaturated/α-hetero) is 1. The van der Waals surface area contributed by atoms with E-state index in [2.05, 4.69) is 0 Å². The third-order valence-corrected chi connectivity index (χ3v) is 6.20. The van der Waals surface area contributed by atoms with Crippen LogP contribution < -0.4 is 9.47 Å². The van der Waals surface area contributed by atoms with Gasteiger partial charge in [-0.2, -0.15) is 0 Å². The molecule has 1 aromatic heterocycles. The highest BCUT2D eigenvalue weighted by Gasteiger charge is 2.46. The summed E-state index contributed by atoms with van der Waals surface area (Å²) >= 11 is 1.45. The number of aryl methyl sites for hydroxylation is 1. The molecule has 1 unspecified atom stereocenters. The van der Waals surface area contributed by atoms with Crippen LogP contribution in [0.4, 0.5) is 0 Å². The maximum Gasteiger partial charge on any atom is 0.295 e. The molecule has 3 rings (SSSR count). The summed E-state index contributed by atoms with van der Waals surface area (Å²) in [5, 5.41) is 13.0. The molecule has 1 aromatic carbocycles. The largest absolute Gasteiger partial charge is 0.507 e. The summed E-state index contributed by atoms with van der Waals surface area (Å²) < 4.78 is 16.2. The average molecular weight is 446 g/mol. The zero-order valence-electron chi connectivity index (χ0n) is 18.3. The fraction of sp³-hybridized carbons (Fsp3) is 0.391. The number of amides is 1. The fourth-order valence-electron chi connectivity index (χ4n) is 3.57. The second-order valence-corrected chi connectivity index (χ2v) is 8.40. The van der Waals surface area contributed by atoms with Crippen molar-refractivity contribution in [1.29, 1.82) is 0 Å². The quantitative estimate of drug-likeness (QED) is 0.377. The number of hydrogen-bond donors (Lipinski definition) is 1. The maximum atomic E-state index is 13.0. The minimum Gasteiger partial charge on any atom is -0.507 e. The van der Waals surface area contributed by atoms with E-state index in [1.54, 1.807) is 18.2 Å². The minimum atomic E-state index is -0.713. The molecule has 2 aromatic rings. The Kier molecular flexibility index (Phi) is 7.02. The Labute approximate surface area is 185 Å². The van der Waals surface area contributed by atoms with Gasteiger partial charge in [0.25, 0.3) is 11.7 Å². The second-order valence-electron chi connectivity index (χ2n) is 7.45. The van der Waals surface area contributed by atoms with Crippen molar-refractivity contribution in [1.82, 2.24) is 4.90 Å². The average Bonchev–Trinajstić information content (AvgIpc) is 3.28. The van der Waals surface area contributed by atoms with Gasteiger partial charge in [0.1, 0.15) is 5.76 Å². The normalized spacial score (nSPS) is 18.1. The van der Waals surface area contributed by atoms with Gasteiger partial charge < -0.3 is 24.2 Å². The molecule has 0 aliphatic carbocycles. The smallest absolute Gasteiger partial charge is 0.295 e. The zero-order valence-corrected chi connectivity index (χ0v) is 19.1. The maximum absolute atomic E-state index is 13.0. The van der Waals surface area contributed by atoms with E-state index in [0.717, 1.165) is 10.4 Å². The van der Waals surface area contributed by atoms with Gasteiger partial charge in [0.15, 0.2) is 11.5 Å². The summed E-state index contributed by atoms with van der Waals surface area (Å²) in [5.74, 6) is -0.697. The van der Waals surface area contributed by atoms with Crippen LogP contribution >= 0.6 is 11.3 Å². The first kappa shape index (κ1) is 22.8. The molecule has 0 radical (unpaired) electrons. The predicted molar refractivity (Wildman–Crippen MR) is 119 cm³/mol. The van der Waals surface area contributed by atoms with Gasteiger partial charge in [-0.3, -0.25) is 9.59 Å². The Hall–Kier alpha value is -2.84. The van der Waals surface area contributed by atoms with E-state index in [1.807, 2.05) is 32.2 Å². The number of aliphatic hydroxyl groups is 1. The number of ether oxygens (including phenoxy) is 3. The molecular formula is C23H27NO6S. The number of aliphatic hydroxyl groups excluding tert-OH is 1. The van der Waals surface area contributed by atoms with Crippen molar-refractivity contribution in [2.45, 2.75) is 32.9 Å². The molecule has 0 spiro atoms. The lowest BCUT2D eigenvalue weighted by molar-refractivity contribution is -0.140. The lowest BCUT2D eigenvalue weighted by Crippen LogP contribution is -2.33. The van der Waals surface area contributed by atoms with Crippen LogP contribution in [0.3, 0.4) is 0 Å². The number of rotatable bonds is 8. The highest BCUT2D eigenvalue weighted by atomic mass is 32.1. The third kappa shape index (κ3) is 4.45. The first-order valence-corrected chi connectivity index (χ1v) is 10.8. The summed E-state index contributed by atoms with van der Waals surface area (Å²) in [6.07, 6.45) is 0.00510. The molecule has 7 nitrogen and oxygen atoms in total. The van der Waals surface area contributed by atoms with Crippen LogP contribution in [-0.2, 0) is 14.3 Å².